The van der Waals surface area contributed by atoms with Crippen LogP contribution in [0.5, 0.6) is 0 Å². The summed E-state index contributed by atoms with van der Waals surface area (Å²) in [5.74, 6) is 1.84. The molecule has 1 aromatic carbocycles. The number of aromatic amines is 1. The van der Waals surface area contributed by atoms with Gasteiger partial charge in [-0.15, -0.1) is 0 Å². The third-order valence-electron chi connectivity index (χ3n) is 3.61. The number of nitrogens with one attached hydrogen (secondary N) is 2. The number of imidazole rings is 1. The normalized spacial score (nSPS) is 20.4. The van der Waals surface area contributed by atoms with Crippen LogP contribution in [-0.4, -0.2) is 23.1 Å². The molecule has 2 N–H and O–H groups in total. The van der Waals surface area contributed by atoms with Crippen molar-refractivity contribution in [3.05, 3.63) is 28.0 Å². The SMILES string of the molecule is Cc1cc(Br)c2nc(CC3CCCNC3)[nH]c2c1. The Morgan fingerprint density at radius 3 is 3.11 bits per heavy atom. The molecule has 1 atom stereocenters. The molecule has 18 heavy (non-hydrogen) atoms. The van der Waals surface area contributed by atoms with E-state index in [4.69, 9.17) is 4.98 Å². The molecule has 0 spiro atoms. The lowest BCUT2D eigenvalue weighted by Gasteiger charge is -2.21. The summed E-state index contributed by atoms with van der Waals surface area (Å²) in [6.45, 7) is 4.40. The maximum absolute atomic E-state index is 4.72. The molecule has 0 aliphatic carbocycles. The molecule has 2 heterocycles. The predicted molar refractivity (Wildman–Crippen MR) is 77.8 cm³/mol. The van der Waals surface area contributed by atoms with Crippen LogP contribution in [0.25, 0.3) is 11.0 Å². The van der Waals surface area contributed by atoms with Gasteiger partial charge in [0, 0.05) is 10.9 Å². The Hall–Kier alpha value is -0.870. The van der Waals surface area contributed by atoms with Crippen molar-refractivity contribution in [3.8, 4) is 0 Å². The Kier molecular flexibility index (Phi) is 3.39. The first-order chi connectivity index (χ1) is 8.72. The van der Waals surface area contributed by atoms with Gasteiger partial charge in [-0.05, 0) is 72.4 Å². The summed E-state index contributed by atoms with van der Waals surface area (Å²) in [6.07, 6.45) is 3.64. The number of rotatable bonds is 2. The lowest BCUT2D eigenvalue weighted by Crippen LogP contribution is -2.31. The van der Waals surface area contributed by atoms with Gasteiger partial charge >= 0.3 is 0 Å². The molecule has 3 rings (SSSR count). The summed E-state index contributed by atoms with van der Waals surface area (Å²) in [6, 6.07) is 4.28. The van der Waals surface area contributed by atoms with E-state index >= 15 is 0 Å². The van der Waals surface area contributed by atoms with Crippen LogP contribution in [0.2, 0.25) is 0 Å². The van der Waals surface area contributed by atoms with Crippen molar-refractivity contribution in [2.75, 3.05) is 13.1 Å². The van der Waals surface area contributed by atoms with Gasteiger partial charge in [0.1, 0.15) is 11.3 Å². The zero-order chi connectivity index (χ0) is 12.5. The second kappa shape index (κ2) is 5.02. The molecule has 1 aliphatic heterocycles. The van der Waals surface area contributed by atoms with Gasteiger partial charge in [0.05, 0.1) is 5.52 Å². The van der Waals surface area contributed by atoms with Gasteiger partial charge in [-0.3, -0.25) is 0 Å². The number of halogens is 1. The van der Waals surface area contributed by atoms with Gasteiger partial charge < -0.3 is 10.3 Å². The second-order valence-corrected chi connectivity index (χ2v) is 6.10. The second-order valence-electron chi connectivity index (χ2n) is 5.24. The number of hydrogen-bond donors (Lipinski definition) is 2. The predicted octanol–water partition coefficient (Wildman–Crippen LogP) is 3.18. The van der Waals surface area contributed by atoms with E-state index in [1.54, 1.807) is 0 Å². The van der Waals surface area contributed by atoms with E-state index in [1.165, 1.54) is 24.9 Å². The maximum atomic E-state index is 4.72. The smallest absolute Gasteiger partial charge is 0.107 e. The molecule has 0 bridgehead atoms. The monoisotopic (exact) mass is 307 g/mol. The summed E-state index contributed by atoms with van der Waals surface area (Å²) >= 11 is 3.59. The Balaban J connectivity index is 1.86. The van der Waals surface area contributed by atoms with Crippen molar-refractivity contribution >= 4 is 27.0 Å². The van der Waals surface area contributed by atoms with Crippen molar-refractivity contribution in [1.82, 2.24) is 15.3 Å². The van der Waals surface area contributed by atoms with Crippen molar-refractivity contribution in [2.24, 2.45) is 5.92 Å². The number of H-pyrrole nitrogens is 1. The van der Waals surface area contributed by atoms with E-state index < -0.39 is 0 Å². The first kappa shape index (κ1) is 12.2. The van der Waals surface area contributed by atoms with Crippen LogP contribution in [0.4, 0.5) is 0 Å². The summed E-state index contributed by atoms with van der Waals surface area (Å²) in [5.41, 5.74) is 3.45. The van der Waals surface area contributed by atoms with Gasteiger partial charge in [0.25, 0.3) is 0 Å². The molecule has 1 unspecified atom stereocenters. The fraction of sp³-hybridized carbons (Fsp3) is 0.500. The summed E-state index contributed by atoms with van der Waals surface area (Å²) < 4.78 is 1.08. The molecule has 4 heteroatoms. The quantitative estimate of drug-likeness (QED) is 0.894. The molecule has 0 radical (unpaired) electrons. The molecular weight excluding hydrogens is 290 g/mol. The molecule has 1 aromatic heterocycles. The topological polar surface area (TPSA) is 40.7 Å². The first-order valence-corrected chi connectivity index (χ1v) is 7.37. The van der Waals surface area contributed by atoms with Crippen LogP contribution >= 0.6 is 15.9 Å². The van der Waals surface area contributed by atoms with E-state index in [1.807, 2.05) is 0 Å². The molecule has 1 fully saturated rings. The van der Waals surface area contributed by atoms with E-state index in [0.717, 1.165) is 40.2 Å². The van der Waals surface area contributed by atoms with E-state index in [9.17, 15) is 0 Å². The van der Waals surface area contributed by atoms with Crippen LogP contribution < -0.4 is 5.32 Å². The molecule has 96 valence electrons. The van der Waals surface area contributed by atoms with Gasteiger partial charge in [0.2, 0.25) is 0 Å². The summed E-state index contributed by atoms with van der Waals surface area (Å²) in [4.78, 5) is 8.17. The highest BCUT2D eigenvalue weighted by atomic mass is 79.9. The number of nitrogens with zero attached hydrogens (tertiary/aromatic N) is 1. The maximum Gasteiger partial charge on any atom is 0.107 e. The Bertz CT molecular complexity index is 555. The van der Waals surface area contributed by atoms with Crippen molar-refractivity contribution in [2.45, 2.75) is 26.2 Å². The van der Waals surface area contributed by atoms with E-state index in [2.05, 4.69) is 45.3 Å². The van der Waals surface area contributed by atoms with Gasteiger partial charge in [-0.25, -0.2) is 4.98 Å². The lowest BCUT2D eigenvalue weighted by atomic mass is 9.96. The minimum atomic E-state index is 0.721. The largest absolute Gasteiger partial charge is 0.342 e. The van der Waals surface area contributed by atoms with Gasteiger partial charge in [-0.1, -0.05) is 0 Å². The zero-order valence-electron chi connectivity index (χ0n) is 10.6. The number of aryl methyl sites for hydroxylation is 1. The van der Waals surface area contributed by atoms with Crippen molar-refractivity contribution < 1.29 is 0 Å². The first-order valence-electron chi connectivity index (χ1n) is 6.58. The Morgan fingerprint density at radius 1 is 1.44 bits per heavy atom. The number of hydrogen-bond acceptors (Lipinski definition) is 2. The minimum Gasteiger partial charge on any atom is -0.342 e. The lowest BCUT2D eigenvalue weighted by molar-refractivity contribution is 0.371. The highest BCUT2D eigenvalue weighted by Crippen LogP contribution is 2.25. The van der Waals surface area contributed by atoms with Crippen LogP contribution in [0.1, 0.15) is 24.2 Å². The third kappa shape index (κ3) is 2.45. The van der Waals surface area contributed by atoms with Gasteiger partial charge in [0.15, 0.2) is 0 Å². The number of aromatic nitrogens is 2. The molecular formula is C14H18BrN3. The fourth-order valence-corrected chi connectivity index (χ4v) is 3.39. The third-order valence-corrected chi connectivity index (χ3v) is 4.22. The van der Waals surface area contributed by atoms with Crippen LogP contribution in [0.15, 0.2) is 16.6 Å². The van der Waals surface area contributed by atoms with Crippen LogP contribution in [-0.2, 0) is 6.42 Å². The molecule has 1 aliphatic rings. The standard InChI is InChI=1S/C14H18BrN3/c1-9-5-11(15)14-12(6-9)17-13(18-14)7-10-3-2-4-16-8-10/h5-6,10,16H,2-4,7-8H2,1H3,(H,17,18). The Morgan fingerprint density at radius 2 is 2.33 bits per heavy atom. The molecule has 1 saturated heterocycles. The van der Waals surface area contributed by atoms with Crippen molar-refractivity contribution in [1.29, 1.82) is 0 Å². The molecule has 3 nitrogen and oxygen atoms in total. The Labute approximate surface area is 116 Å². The molecule has 0 amide bonds. The van der Waals surface area contributed by atoms with E-state index in [-0.39, 0.29) is 0 Å². The van der Waals surface area contributed by atoms with Crippen LogP contribution in [0, 0.1) is 12.8 Å². The molecule has 0 saturated carbocycles. The summed E-state index contributed by atoms with van der Waals surface area (Å²) in [5, 5.41) is 3.46. The fourth-order valence-electron chi connectivity index (χ4n) is 2.73. The number of piperidine rings is 1. The average Bonchev–Trinajstić information content (AvgIpc) is 2.73. The van der Waals surface area contributed by atoms with Crippen LogP contribution in [0.3, 0.4) is 0 Å². The van der Waals surface area contributed by atoms with E-state index in [0.29, 0.717) is 0 Å². The highest BCUT2D eigenvalue weighted by molar-refractivity contribution is 9.10. The molecule has 2 aromatic rings. The number of fused-ring (bicyclic) bond motifs is 1. The average molecular weight is 308 g/mol. The van der Waals surface area contributed by atoms with Crippen molar-refractivity contribution in [3.63, 3.8) is 0 Å². The van der Waals surface area contributed by atoms with Gasteiger partial charge in [-0.2, -0.15) is 0 Å². The highest BCUT2D eigenvalue weighted by Gasteiger charge is 2.16. The minimum absolute atomic E-state index is 0.721. The summed E-state index contributed by atoms with van der Waals surface area (Å²) in [7, 11) is 0. The zero-order valence-corrected chi connectivity index (χ0v) is 12.2. The number of benzene rings is 1.